The monoisotopic (exact) mass is 1920 g/mol. The summed E-state index contributed by atoms with van der Waals surface area (Å²) in [6.07, 6.45) is 15.8. The van der Waals surface area contributed by atoms with Gasteiger partial charge in [-0.25, -0.2) is 0 Å². The second kappa shape index (κ2) is 35.5. The maximum absolute atomic E-state index is 6.61. The number of benzene rings is 18. The second-order valence-electron chi connectivity index (χ2n) is 46.7. The van der Waals surface area contributed by atoms with E-state index in [1.54, 1.807) is 22.3 Å². The molecule has 29 rings (SSSR count). The molecule has 9 aliphatic rings. The quantitative estimate of drug-likeness (QED) is 0.0632. The Morgan fingerprint density at radius 2 is 0.493 bits per heavy atom. The summed E-state index contributed by atoms with van der Waals surface area (Å²) in [5, 5.41) is 16.5. The predicted molar refractivity (Wildman–Crippen MR) is 625 cm³/mol. The van der Waals surface area contributed by atoms with Gasteiger partial charge in [0.05, 0.1) is 0 Å². The van der Waals surface area contributed by atoms with Crippen LogP contribution in [0.5, 0.6) is 0 Å². The highest BCUT2D eigenvalue weighted by Crippen LogP contribution is 2.68. The fourth-order valence-corrected chi connectivity index (χ4v) is 42.6. The maximum Gasteiger partial charge on any atom is 0.242 e. The van der Waals surface area contributed by atoms with Crippen LogP contribution in [-0.2, 0) is 21.7 Å². The summed E-state index contributed by atoms with van der Waals surface area (Å²) in [6, 6.07) is 151. The lowest BCUT2D eigenvalue weighted by atomic mass is 9.34. The van der Waals surface area contributed by atoms with Crippen molar-refractivity contribution < 1.29 is 8.83 Å². The molecule has 0 amide bonds. The van der Waals surface area contributed by atoms with Crippen molar-refractivity contribution in [3.8, 4) is 33.4 Å². The number of fused-ring (bicyclic) bond motifs is 9. The fourth-order valence-electron chi connectivity index (χ4n) is 32.7. The molecule has 4 atom stereocenters. The summed E-state index contributed by atoms with van der Waals surface area (Å²) in [4.78, 5) is 0. The third-order valence-corrected chi connectivity index (χ3v) is 46.9. The van der Waals surface area contributed by atoms with Gasteiger partial charge in [-0.2, -0.15) is 0 Å². The zero-order valence-electron chi connectivity index (χ0n) is 86.7. The molecule has 146 heavy (non-hydrogen) atoms. The fraction of sp³-hybridized carbons (Fsp3) is 0.229. The zero-order chi connectivity index (χ0) is 99.0. The van der Waals surface area contributed by atoms with E-state index in [2.05, 4.69) is 471 Å². The Labute approximate surface area is 866 Å². The molecule has 8 aliphatic carbocycles. The molecule has 18 aromatic carbocycles. The van der Waals surface area contributed by atoms with Crippen molar-refractivity contribution in [1.29, 1.82) is 0 Å². The van der Waals surface area contributed by atoms with Crippen LogP contribution < -0.4 is 74.3 Å². The smallest absolute Gasteiger partial charge is 0.242 e. The van der Waals surface area contributed by atoms with E-state index >= 15 is 0 Å². The third-order valence-electron chi connectivity index (χ3n) is 37.2. The summed E-state index contributed by atoms with van der Waals surface area (Å²) in [5.41, 5.74) is 42.9. The molecule has 0 N–H and O–H groups in total. The summed E-state index contributed by atoms with van der Waals surface area (Å²) in [6.45, 7) is 27.4. The molecule has 714 valence electrons. The van der Waals surface area contributed by atoms with Crippen LogP contribution >= 0.6 is 0 Å². The topological polar surface area (TPSA) is 26.3 Å². The van der Waals surface area contributed by atoms with Gasteiger partial charge in [0.2, 0.25) is 13.4 Å². The highest BCUT2D eigenvalue weighted by molar-refractivity contribution is 7.22. The van der Waals surface area contributed by atoms with Gasteiger partial charge in [-0.1, -0.05) is 451 Å². The van der Waals surface area contributed by atoms with Gasteiger partial charge >= 0.3 is 0 Å². The van der Waals surface area contributed by atoms with Crippen molar-refractivity contribution >= 4 is 148 Å². The highest BCUT2D eigenvalue weighted by atomic mass is 28.3. The minimum atomic E-state index is -2.59. The van der Waals surface area contributed by atoms with E-state index in [0.29, 0.717) is 0 Å². The normalized spacial score (nSPS) is 20.7. The first-order valence-electron chi connectivity index (χ1n) is 54.1. The number of aryl methyl sites for hydroxylation is 12. The number of rotatable bonds is 18. The van der Waals surface area contributed by atoms with Gasteiger partial charge in [-0.3, -0.25) is 0 Å². The Kier molecular flexibility index (Phi) is 22.4. The molecule has 6 heteroatoms. The lowest BCUT2D eigenvalue weighted by molar-refractivity contribution is -0.0282. The van der Waals surface area contributed by atoms with E-state index in [1.165, 1.54) is 273 Å². The van der Waals surface area contributed by atoms with Gasteiger partial charge in [0.15, 0.2) is 16.1 Å². The van der Waals surface area contributed by atoms with Gasteiger partial charge in [0.25, 0.3) is 0 Å². The molecule has 1 aliphatic heterocycles. The van der Waals surface area contributed by atoms with E-state index < -0.39 is 16.1 Å². The number of hydrogen-bond donors (Lipinski definition) is 0. The lowest BCUT2D eigenvalue weighted by Crippen LogP contribution is -2.74. The summed E-state index contributed by atoms with van der Waals surface area (Å²) in [5.74, 6) is 3.09. The van der Waals surface area contributed by atoms with E-state index in [0.717, 1.165) is 46.0 Å². The first-order valence-corrected chi connectivity index (χ1v) is 58.1. The molecular weight excluding hydrogens is 1790 g/mol. The summed E-state index contributed by atoms with van der Waals surface area (Å²) < 4.78 is 13.2. The first-order chi connectivity index (χ1) is 71.0. The van der Waals surface area contributed by atoms with Gasteiger partial charge in [0, 0.05) is 21.5 Å². The van der Waals surface area contributed by atoms with Gasteiger partial charge in [-0.05, 0) is 339 Å². The number of hydrogen-bond acceptors (Lipinski definition) is 2. The minimum absolute atomic E-state index is 0.106. The molecular formula is C140H128B2O2Si2. The van der Waals surface area contributed by atoms with Crippen LogP contribution in [0.3, 0.4) is 0 Å². The van der Waals surface area contributed by atoms with Crippen molar-refractivity contribution in [2.75, 3.05) is 0 Å². The zero-order valence-corrected chi connectivity index (χ0v) is 88.7. The summed E-state index contributed by atoms with van der Waals surface area (Å²) >= 11 is 0. The van der Waals surface area contributed by atoms with Crippen molar-refractivity contribution in [2.45, 2.75) is 182 Å². The van der Waals surface area contributed by atoms with Crippen LogP contribution in [0, 0.1) is 107 Å². The number of furan rings is 2. The Hall–Kier alpha value is -13.9. The second-order valence-corrected chi connectivity index (χ2v) is 54.2. The molecule has 8 bridgehead atoms. The standard InChI is InChI=1S/C70H63BOSi.C70H65BOSi/c1-44-32-46(3)67(47(4)33-44)71(68-48(5)34-45(2)35-49(68)6)56-27-31-64-62(38-56)61-37-53(22-30-63(61)72-64)52-20-23-54(24-21-52)69-39-50-36-51(40-69)42-70(41-50,43-69)55-25-28-58(29-26-55)73(57-14-8-7-9-15-57)65-18-12-10-16-59(65)60-17-11-13-19-66(60)73;1-46-34-48(3)67(49(4)35-46)71(68-50(5)36-47(2)37-51(68)6)58-29-33-66-64(40-58)63-39-55(24-32-65(63)72-66)54-22-25-56(26-23-54)69-41-52-38-53(42-69)44-70(43-52,45-69)57-27-30-62(31-28-57)73(59-16-10-7-11-17-59,60-18-12-8-13-19-60)61-20-14-9-15-21-61/h7-35,37-38,50-51H,36,39-43H2,1-6H3;7-37,39-40,52-53H,38,41-45H2,1-6H3. The molecule has 0 saturated heterocycles. The average molecular weight is 1920 g/mol. The molecule has 3 heterocycles. The Balaban J connectivity index is 0.000000148. The van der Waals surface area contributed by atoms with Crippen molar-refractivity contribution in [3.05, 3.63) is 477 Å². The van der Waals surface area contributed by atoms with Crippen molar-refractivity contribution in [1.82, 2.24) is 0 Å². The SMILES string of the molecule is Cc1cc(C)c(B(c2ccc3oc4ccc(-c5ccc(C67CC8CC(C6)CC(c6ccc([Si](c9ccccc9)(c9ccccc9)c9ccccc9)cc6)(C8)C7)cc5)cc4c3c2)c2c(C)cc(C)cc2C)c(C)c1.Cc1cc(C)c(B(c2ccc3oc4ccc(-c5ccc(C67CC8CC(C6)CC(c6ccc([Si]9(c%10ccccc%10)c%10ccccc%10-c%10ccccc%109)cc6)(C8)C7)cc5)cc4c3c2)c2c(C)cc(C)cc2C)c(C)c1. The van der Waals surface area contributed by atoms with Crippen LogP contribution in [0.15, 0.2) is 397 Å². The maximum atomic E-state index is 6.61. The molecule has 0 spiro atoms. The van der Waals surface area contributed by atoms with Crippen LogP contribution in [0.4, 0.5) is 0 Å². The van der Waals surface area contributed by atoms with Crippen molar-refractivity contribution in [3.63, 3.8) is 0 Å². The molecule has 2 aromatic heterocycles. The third kappa shape index (κ3) is 15.0. The highest BCUT2D eigenvalue weighted by Gasteiger charge is 2.61. The molecule has 4 unspecified atom stereocenters. The molecule has 0 radical (unpaired) electrons. The van der Waals surface area contributed by atoms with Crippen LogP contribution in [0.1, 0.15) is 166 Å². The molecule has 20 aromatic rings. The average Bonchev–Trinajstić information content (AvgIpc) is 1.21. The van der Waals surface area contributed by atoms with E-state index in [1.807, 2.05) is 0 Å². The molecule has 8 fully saturated rings. The van der Waals surface area contributed by atoms with Crippen LogP contribution in [0.2, 0.25) is 0 Å². The van der Waals surface area contributed by atoms with Crippen LogP contribution in [0.25, 0.3) is 77.3 Å². The van der Waals surface area contributed by atoms with Crippen LogP contribution in [-0.4, -0.2) is 29.6 Å². The lowest BCUT2D eigenvalue weighted by Gasteiger charge is -2.63. The van der Waals surface area contributed by atoms with Gasteiger partial charge in [-0.15, -0.1) is 0 Å². The van der Waals surface area contributed by atoms with E-state index in [4.69, 9.17) is 8.83 Å². The molecule has 2 nitrogen and oxygen atoms in total. The van der Waals surface area contributed by atoms with Crippen molar-refractivity contribution in [2.24, 2.45) is 23.7 Å². The predicted octanol–water partition coefficient (Wildman–Crippen LogP) is 25.6. The van der Waals surface area contributed by atoms with Gasteiger partial charge in [0.1, 0.15) is 22.3 Å². The Morgan fingerprint density at radius 3 is 0.815 bits per heavy atom. The van der Waals surface area contributed by atoms with E-state index in [9.17, 15) is 0 Å². The van der Waals surface area contributed by atoms with E-state index in [-0.39, 0.29) is 35.1 Å². The summed E-state index contributed by atoms with van der Waals surface area (Å²) in [7, 11) is -5.10. The Bertz CT molecular complexity index is 7730. The largest absolute Gasteiger partial charge is 0.456 e. The minimum Gasteiger partial charge on any atom is -0.456 e. The van der Waals surface area contributed by atoms with Gasteiger partial charge < -0.3 is 8.83 Å². The molecule has 8 saturated carbocycles. The first kappa shape index (κ1) is 92.0. The Morgan fingerprint density at radius 1 is 0.240 bits per heavy atom.